The molecule has 1 unspecified atom stereocenters. The topological polar surface area (TPSA) is 92.2 Å². The Bertz CT molecular complexity index is 303. The van der Waals surface area contributed by atoms with Gasteiger partial charge in [-0.2, -0.15) is 0 Å². The van der Waals surface area contributed by atoms with Crippen LogP contribution in [-0.2, 0) is 11.4 Å². The van der Waals surface area contributed by atoms with Crippen molar-refractivity contribution in [3.63, 3.8) is 0 Å². The number of nitrogens with zero attached hydrogens (tertiary/aromatic N) is 1. The first-order valence-electron chi connectivity index (χ1n) is 3.02. The van der Waals surface area contributed by atoms with Crippen LogP contribution in [-0.4, -0.2) is 9.48 Å². The highest BCUT2D eigenvalue weighted by Crippen LogP contribution is 2.15. The van der Waals surface area contributed by atoms with Crippen LogP contribution in [0, 0.1) is 10.1 Å². The first kappa shape index (κ1) is 8.98. The van der Waals surface area contributed by atoms with E-state index >= 15 is 0 Å². The molecule has 1 rings (SSSR count). The summed E-state index contributed by atoms with van der Waals surface area (Å²) in [7, 11) is 0. The predicted molar refractivity (Wildman–Crippen MR) is 43.7 cm³/mol. The molecular formula is C6H6N2O3S. The molecule has 0 aliphatic carbocycles. The van der Waals surface area contributed by atoms with Crippen molar-refractivity contribution in [1.82, 2.24) is 0 Å². The third-order valence-corrected chi connectivity index (χ3v) is 1.98. The largest absolute Gasteiger partial charge is 0.593 e. The molecule has 0 aliphatic heterocycles. The van der Waals surface area contributed by atoms with Crippen LogP contribution in [0.4, 0.5) is 5.69 Å². The molecular weight excluding hydrogens is 180 g/mol. The van der Waals surface area contributed by atoms with Gasteiger partial charge in [-0.05, 0) is 6.07 Å². The molecule has 0 amide bonds. The van der Waals surface area contributed by atoms with Crippen LogP contribution in [0.25, 0.3) is 0 Å². The van der Waals surface area contributed by atoms with Gasteiger partial charge in [0.1, 0.15) is 0 Å². The average Bonchev–Trinajstić information content (AvgIpc) is 2.04. The molecule has 0 radical (unpaired) electrons. The molecule has 1 aromatic rings. The Labute approximate surface area is 71.7 Å². The number of hydrogen-bond acceptors (Lipinski definition) is 4. The summed E-state index contributed by atoms with van der Waals surface area (Å²) < 4.78 is 10.7. The highest BCUT2D eigenvalue weighted by Gasteiger charge is 2.11. The summed E-state index contributed by atoms with van der Waals surface area (Å²) in [6.45, 7) is 0. The van der Waals surface area contributed by atoms with Gasteiger partial charge in [0.25, 0.3) is 5.69 Å². The van der Waals surface area contributed by atoms with Gasteiger partial charge < -0.3 is 4.55 Å². The van der Waals surface area contributed by atoms with E-state index in [1.54, 1.807) is 0 Å². The molecule has 0 heterocycles. The molecule has 0 aromatic heterocycles. The Balaban J connectivity index is 3.04. The van der Waals surface area contributed by atoms with Crippen LogP contribution in [0.2, 0.25) is 0 Å². The lowest BCUT2D eigenvalue weighted by Crippen LogP contribution is -2.12. The maximum atomic E-state index is 10.7. The number of nitro groups is 1. The van der Waals surface area contributed by atoms with E-state index < -0.39 is 16.3 Å². The van der Waals surface area contributed by atoms with Crippen molar-refractivity contribution in [2.24, 2.45) is 5.14 Å². The number of nitro benzene ring substituents is 1. The van der Waals surface area contributed by atoms with Crippen molar-refractivity contribution in [3.8, 4) is 0 Å². The summed E-state index contributed by atoms with van der Waals surface area (Å²) in [5.74, 6) is 0. The van der Waals surface area contributed by atoms with Gasteiger partial charge >= 0.3 is 0 Å². The predicted octanol–water partition coefficient (Wildman–Crippen LogP) is 0.576. The van der Waals surface area contributed by atoms with E-state index in [9.17, 15) is 14.7 Å². The summed E-state index contributed by atoms with van der Waals surface area (Å²) in [6.07, 6.45) is 0. The van der Waals surface area contributed by atoms with Crippen LogP contribution in [0.5, 0.6) is 0 Å². The highest BCUT2D eigenvalue weighted by molar-refractivity contribution is 7.89. The molecule has 2 N–H and O–H groups in total. The molecule has 0 aliphatic rings. The molecule has 12 heavy (non-hydrogen) atoms. The smallest absolute Gasteiger partial charge is 0.274 e. The minimum atomic E-state index is -1.66. The third kappa shape index (κ3) is 1.94. The normalized spacial score (nSPS) is 12.5. The van der Waals surface area contributed by atoms with Crippen LogP contribution >= 0.6 is 0 Å². The number of benzene rings is 1. The monoisotopic (exact) mass is 186 g/mol. The van der Waals surface area contributed by atoms with Gasteiger partial charge in [0, 0.05) is 6.07 Å². The molecule has 0 saturated heterocycles. The van der Waals surface area contributed by atoms with Gasteiger partial charge in [0.15, 0.2) is 4.90 Å². The van der Waals surface area contributed by atoms with Crippen molar-refractivity contribution < 1.29 is 9.48 Å². The third-order valence-electron chi connectivity index (χ3n) is 1.26. The Kier molecular flexibility index (Phi) is 2.64. The van der Waals surface area contributed by atoms with Gasteiger partial charge in [-0.1, -0.05) is 6.07 Å². The van der Waals surface area contributed by atoms with Crippen LogP contribution in [0.3, 0.4) is 0 Å². The molecule has 0 fully saturated rings. The molecule has 0 spiro atoms. The van der Waals surface area contributed by atoms with Gasteiger partial charge in [0.05, 0.1) is 22.4 Å². The fourth-order valence-electron chi connectivity index (χ4n) is 0.722. The van der Waals surface area contributed by atoms with Crippen molar-refractivity contribution in [1.29, 1.82) is 0 Å². The van der Waals surface area contributed by atoms with Crippen LogP contribution in [0.1, 0.15) is 0 Å². The molecule has 1 atom stereocenters. The second kappa shape index (κ2) is 3.53. The lowest BCUT2D eigenvalue weighted by molar-refractivity contribution is -0.385. The van der Waals surface area contributed by atoms with E-state index in [1.807, 2.05) is 0 Å². The van der Waals surface area contributed by atoms with Crippen molar-refractivity contribution in [2.45, 2.75) is 4.90 Å². The number of rotatable bonds is 2. The van der Waals surface area contributed by atoms with E-state index in [-0.39, 0.29) is 10.6 Å². The lowest BCUT2D eigenvalue weighted by Gasteiger charge is -2.00. The molecule has 0 saturated carbocycles. The lowest BCUT2D eigenvalue weighted by atomic mass is 10.3. The van der Waals surface area contributed by atoms with E-state index in [0.29, 0.717) is 0 Å². The summed E-state index contributed by atoms with van der Waals surface area (Å²) in [4.78, 5) is 9.94. The van der Waals surface area contributed by atoms with E-state index in [2.05, 4.69) is 0 Å². The number of hydrogen-bond donors (Lipinski definition) is 1. The zero-order chi connectivity index (χ0) is 9.14. The quantitative estimate of drug-likeness (QED) is 0.415. The second-order valence-corrected chi connectivity index (χ2v) is 3.12. The Morgan fingerprint density at radius 1 is 1.50 bits per heavy atom. The minimum absolute atomic E-state index is 0.105. The van der Waals surface area contributed by atoms with Gasteiger partial charge in [-0.25, -0.2) is 0 Å². The van der Waals surface area contributed by atoms with E-state index in [0.717, 1.165) is 0 Å². The highest BCUT2D eigenvalue weighted by atomic mass is 32.2. The standard InChI is InChI=1S/C6H6N2O3S/c7-12(11)6-3-1-2-5(4-6)8(9)10/h1-4H,7H2. The maximum Gasteiger partial charge on any atom is 0.274 e. The zero-order valence-corrected chi connectivity index (χ0v) is 6.78. The van der Waals surface area contributed by atoms with Crippen molar-refractivity contribution >= 4 is 17.0 Å². The van der Waals surface area contributed by atoms with Crippen LogP contribution in [0.15, 0.2) is 29.2 Å². The van der Waals surface area contributed by atoms with Crippen molar-refractivity contribution in [2.75, 3.05) is 0 Å². The summed E-state index contributed by atoms with van der Waals surface area (Å²) in [5.41, 5.74) is -0.105. The summed E-state index contributed by atoms with van der Waals surface area (Å²) >= 11 is -1.66. The minimum Gasteiger partial charge on any atom is -0.593 e. The summed E-state index contributed by atoms with van der Waals surface area (Å²) in [5, 5.41) is 15.3. The Morgan fingerprint density at radius 3 is 2.67 bits per heavy atom. The van der Waals surface area contributed by atoms with Gasteiger partial charge in [-0.3, -0.25) is 10.1 Å². The number of non-ortho nitro benzene ring substituents is 1. The van der Waals surface area contributed by atoms with Crippen molar-refractivity contribution in [3.05, 3.63) is 34.4 Å². The first-order chi connectivity index (χ1) is 5.61. The fraction of sp³-hybridized carbons (Fsp3) is 0. The second-order valence-electron chi connectivity index (χ2n) is 2.05. The van der Waals surface area contributed by atoms with Gasteiger partial charge in [0.2, 0.25) is 0 Å². The maximum absolute atomic E-state index is 10.7. The molecule has 6 heteroatoms. The Hall–Kier alpha value is -1.11. The van der Waals surface area contributed by atoms with Crippen LogP contribution < -0.4 is 5.14 Å². The average molecular weight is 186 g/mol. The van der Waals surface area contributed by atoms with E-state index in [4.69, 9.17) is 5.14 Å². The Morgan fingerprint density at radius 2 is 2.17 bits per heavy atom. The molecule has 5 nitrogen and oxygen atoms in total. The first-order valence-corrected chi connectivity index (χ1v) is 4.23. The van der Waals surface area contributed by atoms with Gasteiger partial charge in [-0.15, -0.1) is 5.14 Å². The zero-order valence-electron chi connectivity index (χ0n) is 5.97. The molecule has 64 valence electrons. The fourth-order valence-corrected chi connectivity index (χ4v) is 1.17. The van der Waals surface area contributed by atoms with E-state index in [1.165, 1.54) is 24.3 Å². The summed E-state index contributed by atoms with van der Waals surface area (Å²) in [6, 6.07) is 5.42. The SMILES string of the molecule is N[S+]([O-])c1cccc([N+](=O)[O-])c1. The molecule has 1 aromatic carbocycles. The number of nitrogens with two attached hydrogens (primary N) is 1. The molecule has 0 bridgehead atoms.